The second-order valence-corrected chi connectivity index (χ2v) is 7.42. The molecule has 1 aliphatic heterocycles. The lowest BCUT2D eigenvalue weighted by molar-refractivity contribution is 0.0723. The fourth-order valence-corrected chi connectivity index (χ4v) is 4.75. The van der Waals surface area contributed by atoms with Gasteiger partial charge in [0, 0.05) is 29.8 Å². The van der Waals surface area contributed by atoms with Crippen molar-refractivity contribution in [3.8, 4) is 0 Å². The van der Waals surface area contributed by atoms with E-state index in [4.69, 9.17) is 0 Å². The molecule has 1 spiro atoms. The molecule has 0 unspecified atom stereocenters. The largest absolute Gasteiger partial charge is 0.335 e. The van der Waals surface area contributed by atoms with Gasteiger partial charge in [0.2, 0.25) is 0 Å². The molecule has 5 heteroatoms. The van der Waals surface area contributed by atoms with Crippen molar-refractivity contribution in [2.24, 2.45) is 0 Å². The number of aryl methyl sites for hydroxylation is 1. The Hall–Kier alpha value is -1.10. The summed E-state index contributed by atoms with van der Waals surface area (Å²) in [6, 6.07) is 0. The van der Waals surface area contributed by atoms with Crippen molar-refractivity contribution in [3.63, 3.8) is 0 Å². The van der Waals surface area contributed by atoms with Crippen LogP contribution in [0.4, 0.5) is 0 Å². The summed E-state index contributed by atoms with van der Waals surface area (Å²) in [7, 11) is 0. The lowest BCUT2D eigenvalue weighted by atomic mass is 9.87. The van der Waals surface area contributed by atoms with E-state index >= 15 is 0 Å². The molecule has 1 aromatic heterocycles. The van der Waals surface area contributed by atoms with Gasteiger partial charge >= 0.3 is 0 Å². The summed E-state index contributed by atoms with van der Waals surface area (Å²) >= 11 is 2.08. The van der Waals surface area contributed by atoms with Gasteiger partial charge in [-0.15, -0.1) is 0 Å². The fourth-order valence-electron chi connectivity index (χ4n) is 3.18. The van der Waals surface area contributed by atoms with Crippen molar-refractivity contribution in [1.82, 2.24) is 14.9 Å². The molecule has 0 atom stereocenters. The highest BCUT2D eigenvalue weighted by atomic mass is 32.2. The highest BCUT2D eigenvalue weighted by Gasteiger charge is 2.39. The van der Waals surface area contributed by atoms with Crippen molar-refractivity contribution in [2.45, 2.75) is 43.8 Å². The van der Waals surface area contributed by atoms with Gasteiger partial charge in [-0.25, -0.2) is 4.98 Å². The van der Waals surface area contributed by atoms with Crippen molar-refractivity contribution >= 4 is 17.7 Å². The van der Waals surface area contributed by atoms with E-state index in [1.54, 1.807) is 12.4 Å². The van der Waals surface area contributed by atoms with Crippen LogP contribution in [0.25, 0.3) is 0 Å². The number of amides is 1. The van der Waals surface area contributed by atoms with E-state index in [9.17, 15) is 4.79 Å². The first-order valence-corrected chi connectivity index (χ1v) is 8.39. The van der Waals surface area contributed by atoms with E-state index < -0.39 is 0 Å². The van der Waals surface area contributed by atoms with Crippen LogP contribution in [0.3, 0.4) is 0 Å². The Bertz CT molecular complexity index is 477. The molecule has 2 aliphatic rings. The highest BCUT2D eigenvalue weighted by Crippen LogP contribution is 2.42. The van der Waals surface area contributed by atoms with Crippen molar-refractivity contribution in [1.29, 1.82) is 0 Å². The van der Waals surface area contributed by atoms with Gasteiger partial charge in [0.15, 0.2) is 0 Å². The number of rotatable bonds is 1. The molecule has 0 radical (unpaired) electrons. The summed E-state index contributed by atoms with van der Waals surface area (Å²) in [6.45, 7) is 3.60. The maximum atomic E-state index is 12.6. The monoisotopic (exact) mass is 291 g/mol. The van der Waals surface area contributed by atoms with Crippen LogP contribution in [-0.2, 0) is 0 Å². The molecule has 108 valence electrons. The summed E-state index contributed by atoms with van der Waals surface area (Å²) in [5, 5.41) is 0. The van der Waals surface area contributed by atoms with Crippen LogP contribution >= 0.6 is 11.8 Å². The molecular formula is C15H21N3OS. The van der Waals surface area contributed by atoms with E-state index in [1.165, 1.54) is 32.1 Å². The van der Waals surface area contributed by atoms with E-state index in [-0.39, 0.29) is 5.91 Å². The molecule has 1 aliphatic carbocycles. The molecule has 0 aromatic carbocycles. The number of hydrogen-bond acceptors (Lipinski definition) is 4. The summed E-state index contributed by atoms with van der Waals surface area (Å²) in [4.78, 5) is 22.9. The second kappa shape index (κ2) is 5.72. The number of hydrogen-bond donors (Lipinski definition) is 0. The van der Waals surface area contributed by atoms with Gasteiger partial charge in [-0.05, 0) is 19.8 Å². The van der Waals surface area contributed by atoms with E-state index in [1.807, 2.05) is 11.8 Å². The van der Waals surface area contributed by atoms with Crippen LogP contribution in [0.5, 0.6) is 0 Å². The van der Waals surface area contributed by atoms with Gasteiger partial charge in [0.1, 0.15) is 5.69 Å². The van der Waals surface area contributed by atoms with E-state index in [0.29, 0.717) is 10.4 Å². The second-order valence-electron chi connectivity index (χ2n) is 5.86. The van der Waals surface area contributed by atoms with Crippen LogP contribution in [0.2, 0.25) is 0 Å². The molecule has 1 saturated heterocycles. The van der Waals surface area contributed by atoms with Gasteiger partial charge in [-0.3, -0.25) is 9.78 Å². The molecule has 4 nitrogen and oxygen atoms in total. The zero-order valence-electron chi connectivity index (χ0n) is 12.0. The lowest BCUT2D eigenvalue weighted by Gasteiger charge is -2.44. The molecule has 0 bridgehead atoms. The molecule has 2 fully saturated rings. The van der Waals surface area contributed by atoms with Crippen LogP contribution in [0.15, 0.2) is 12.4 Å². The summed E-state index contributed by atoms with van der Waals surface area (Å²) in [6.07, 6.45) is 9.73. The Morgan fingerprint density at radius 3 is 2.75 bits per heavy atom. The number of thioether (sulfide) groups is 1. The van der Waals surface area contributed by atoms with Crippen LogP contribution in [-0.4, -0.2) is 44.4 Å². The lowest BCUT2D eigenvalue weighted by Crippen LogP contribution is -2.50. The zero-order valence-corrected chi connectivity index (χ0v) is 12.8. The number of carbonyl (C=O) groups is 1. The Labute approximate surface area is 124 Å². The van der Waals surface area contributed by atoms with Gasteiger partial charge in [-0.1, -0.05) is 19.3 Å². The predicted molar refractivity (Wildman–Crippen MR) is 80.9 cm³/mol. The topological polar surface area (TPSA) is 46.1 Å². The smallest absolute Gasteiger partial charge is 0.274 e. The van der Waals surface area contributed by atoms with Crippen LogP contribution in [0.1, 0.15) is 48.3 Å². The molecular weight excluding hydrogens is 270 g/mol. The summed E-state index contributed by atoms with van der Waals surface area (Å²) in [5.74, 6) is 1.09. The third-order valence-corrected chi connectivity index (χ3v) is 5.84. The molecule has 1 aromatic rings. The fraction of sp³-hybridized carbons (Fsp3) is 0.667. The minimum atomic E-state index is 0.0442. The molecule has 0 N–H and O–H groups in total. The van der Waals surface area contributed by atoms with Gasteiger partial charge < -0.3 is 4.90 Å². The van der Waals surface area contributed by atoms with Crippen LogP contribution < -0.4 is 0 Å². The molecule has 1 saturated carbocycles. The highest BCUT2D eigenvalue weighted by molar-refractivity contribution is 8.00. The van der Waals surface area contributed by atoms with Crippen molar-refractivity contribution in [2.75, 3.05) is 18.8 Å². The van der Waals surface area contributed by atoms with Crippen molar-refractivity contribution < 1.29 is 4.79 Å². The molecule has 20 heavy (non-hydrogen) atoms. The minimum absolute atomic E-state index is 0.0442. The van der Waals surface area contributed by atoms with E-state index in [2.05, 4.69) is 21.7 Å². The standard InChI is InChI=1S/C15H21N3OS/c1-12-9-17-13(10-16-12)14(19)18-7-8-20-15(11-18)5-3-2-4-6-15/h9-10H,2-8,11H2,1H3. The summed E-state index contributed by atoms with van der Waals surface area (Å²) in [5.41, 5.74) is 1.33. The number of carbonyl (C=O) groups excluding carboxylic acids is 1. The number of aromatic nitrogens is 2. The Balaban J connectivity index is 1.73. The Kier molecular flexibility index (Phi) is 3.96. The molecule has 3 rings (SSSR count). The average Bonchev–Trinajstić information content (AvgIpc) is 2.48. The maximum Gasteiger partial charge on any atom is 0.274 e. The third kappa shape index (κ3) is 2.82. The maximum absolute atomic E-state index is 12.6. The summed E-state index contributed by atoms with van der Waals surface area (Å²) < 4.78 is 0.310. The predicted octanol–water partition coefficient (Wildman–Crippen LogP) is 2.68. The van der Waals surface area contributed by atoms with Gasteiger partial charge in [0.25, 0.3) is 5.91 Å². The Morgan fingerprint density at radius 2 is 2.05 bits per heavy atom. The first-order chi connectivity index (χ1) is 9.69. The van der Waals surface area contributed by atoms with Gasteiger partial charge in [0.05, 0.1) is 11.9 Å². The van der Waals surface area contributed by atoms with Crippen molar-refractivity contribution in [3.05, 3.63) is 23.8 Å². The normalized spacial score (nSPS) is 21.9. The Morgan fingerprint density at radius 1 is 1.25 bits per heavy atom. The van der Waals surface area contributed by atoms with Gasteiger partial charge in [-0.2, -0.15) is 11.8 Å². The quantitative estimate of drug-likeness (QED) is 0.798. The molecule has 1 amide bonds. The van der Waals surface area contributed by atoms with E-state index in [0.717, 1.165) is 24.5 Å². The number of nitrogens with zero attached hydrogens (tertiary/aromatic N) is 3. The molecule has 2 heterocycles. The minimum Gasteiger partial charge on any atom is -0.335 e. The van der Waals surface area contributed by atoms with Crippen LogP contribution in [0, 0.1) is 6.92 Å². The zero-order chi connectivity index (χ0) is 14.0. The third-order valence-electron chi connectivity index (χ3n) is 4.30. The average molecular weight is 291 g/mol. The first-order valence-electron chi connectivity index (χ1n) is 7.40. The SMILES string of the molecule is Cc1cnc(C(=O)N2CCSC3(CCCCC3)C2)cn1. The first kappa shape index (κ1) is 13.9.